The van der Waals surface area contributed by atoms with Crippen molar-refractivity contribution in [3.05, 3.63) is 84.1 Å². The summed E-state index contributed by atoms with van der Waals surface area (Å²) in [6.07, 6.45) is 1.75. The summed E-state index contributed by atoms with van der Waals surface area (Å²) >= 11 is 0. The van der Waals surface area contributed by atoms with E-state index >= 15 is 0 Å². The maximum absolute atomic E-state index is 12.5. The molecular formula is C29H31N3O4. The van der Waals surface area contributed by atoms with Crippen LogP contribution in [0, 0.1) is 0 Å². The maximum Gasteiger partial charge on any atom is 0.358 e. The Morgan fingerprint density at radius 1 is 0.917 bits per heavy atom. The van der Waals surface area contributed by atoms with Gasteiger partial charge in [-0.1, -0.05) is 43.3 Å². The summed E-state index contributed by atoms with van der Waals surface area (Å²) in [4.78, 5) is 25.0. The first-order chi connectivity index (χ1) is 17.6. The summed E-state index contributed by atoms with van der Waals surface area (Å²) in [5.41, 5.74) is 3.19. The van der Waals surface area contributed by atoms with Crippen molar-refractivity contribution in [1.82, 2.24) is 15.1 Å². The lowest BCUT2D eigenvalue weighted by Crippen LogP contribution is -2.25. The second-order valence-electron chi connectivity index (χ2n) is 8.38. The zero-order valence-electron chi connectivity index (χ0n) is 20.7. The molecule has 0 unspecified atom stereocenters. The maximum atomic E-state index is 12.5. The van der Waals surface area contributed by atoms with Gasteiger partial charge >= 0.3 is 5.97 Å². The number of fused-ring (bicyclic) bond motifs is 1. The van der Waals surface area contributed by atoms with Gasteiger partial charge < -0.3 is 14.8 Å². The molecule has 7 heteroatoms. The van der Waals surface area contributed by atoms with E-state index in [2.05, 4.69) is 35.5 Å². The van der Waals surface area contributed by atoms with Crippen LogP contribution in [-0.2, 0) is 9.47 Å². The van der Waals surface area contributed by atoms with Gasteiger partial charge in [-0.2, -0.15) is 5.10 Å². The van der Waals surface area contributed by atoms with E-state index < -0.39 is 5.97 Å². The van der Waals surface area contributed by atoms with Crippen molar-refractivity contribution in [2.24, 2.45) is 0 Å². The lowest BCUT2D eigenvalue weighted by molar-refractivity contribution is 0.0518. The topological polar surface area (TPSA) is 82.5 Å². The normalized spacial score (nSPS) is 10.9. The number of hydrogen-bond donors (Lipinski definition) is 1. The molecule has 0 radical (unpaired) electrons. The van der Waals surface area contributed by atoms with Crippen LogP contribution in [-0.4, -0.2) is 48.0 Å². The number of esters is 1. The number of nitrogens with zero attached hydrogens (tertiary/aromatic N) is 2. The van der Waals surface area contributed by atoms with Gasteiger partial charge in [0.15, 0.2) is 5.69 Å². The number of carbonyl (C=O) groups excluding carboxylic acids is 2. The number of rotatable bonds is 11. The Bertz CT molecular complexity index is 1330. The van der Waals surface area contributed by atoms with Gasteiger partial charge in [0, 0.05) is 30.9 Å². The van der Waals surface area contributed by atoms with E-state index in [1.54, 1.807) is 29.8 Å². The Labute approximate surface area is 211 Å². The van der Waals surface area contributed by atoms with Gasteiger partial charge in [-0.3, -0.25) is 4.79 Å². The van der Waals surface area contributed by atoms with Crippen LogP contribution < -0.4 is 5.32 Å². The van der Waals surface area contributed by atoms with E-state index in [1.807, 2.05) is 36.4 Å². The highest BCUT2D eigenvalue weighted by Gasteiger charge is 2.18. The Hall–Kier alpha value is -3.97. The molecule has 0 saturated carbocycles. The first-order valence-corrected chi connectivity index (χ1v) is 12.3. The fraction of sp³-hybridized carbons (Fsp3) is 0.276. The zero-order valence-corrected chi connectivity index (χ0v) is 20.7. The van der Waals surface area contributed by atoms with Crippen LogP contribution in [0.25, 0.3) is 27.7 Å². The highest BCUT2D eigenvalue weighted by atomic mass is 16.5. The van der Waals surface area contributed by atoms with E-state index in [0.717, 1.165) is 47.2 Å². The molecule has 0 aliphatic rings. The van der Waals surface area contributed by atoms with Gasteiger partial charge in [0.1, 0.15) is 0 Å². The van der Waals surface area contributed by atoms with Crippen LogP contribution >= 0.6 is 0 Å². The third-order valence-electron chi connectivity index (χ3n) is 5.71. The third-order valence-corrected chi connectivity index (χ3v) is 5.71. The second kappa shape index (κ2) is 12.1. The molecule has 3 aromatic carbocycles. The molecule has 186 valence electrons. The number of amides is 1. The van der Waals surface area contributed by atoms with Crippen molar-refractivity contribution in [2.45, 2.75) is 26.7 Å². The molecule has 0 atom stereocenters. The highest BCUT2D eigenvalue weighted by Crippen LogP contribution is 2.28. The summed E-state index contributed by atoms with van der Waals surface area (Å²) in [5, 5.41) is 9.68. The summed E-state index contributed by atoms with van der Waals surface area (Å²) in [6, 6.07) is 23.1. The van der Waals surface area contributed by atoms with Gasteiger partial charge in [-0.05, 0) is 66.9 Å². The number of nitrogens with one attached hydrogen (secondary N) is 1. The quantitative estimate of drug-likeness (QED) is 0.227. The fourth-order valence-corrected chi connectivity index (χ4v) is 3.92. The molecule has 0 fully saturated rings. The summed E-state index contributed by atoms with van der Waals surface area (Å²) < 4.78 is 12.3. The molecule has 0 saturated heterocycles. The average molecular weight is 486 g/mol. The summed E-state index contributed by atoms with van der Waals surface area (Å²) in [5.74, 6) is -0.614. The molecule has 0 aliphatic carbocycles. The molecule has 4 rings (SSSR count). The Kier molecular flexibility index (Phi) is 8.47. The molecule has 0 spiro atoms. The largest absolute Gasteiger partial charge is 0.461 e. The minimum Gasteiger partial charge on any atom is -0.461 e. The molecule has 4 aromatic rings. The van der Waals surface area contributed by atoms with Crippen LogP contribution in [0.5, 0.6) is 0 Å². The molecule has 7 nitrogen and oxygen atoms in total. The first kappa shape index (κ1) is 25.1. The second-order valence-corrected chi connectivity index (χ2v) is 8.38. The highest BCUT2D eigenvalue weighted by molar-refractivity contribution is 5.94. The van der Waals surface area contributed by atoms with Gasteiger partial charge in [-0.25, -0.2) is 9.48 Å². The lowest BCUT2D eigenvalue weighted by atomic mass is 10.0. The van der Waals surface area contributed by atoms with Crippen LogP contribution in [0.15, 0.2) is 72.8 Å². The van der Waals surface area contributed by atoms with Crippen LogP contribution in [0.3, 0.4) is 0 Å². The van der Waals surface area contributed by atoms with E-state index in [4.69, 9.17) is 9.47 Å². The van der Waals surface area contributed by atoms with E-state index in [-0.39, 0.29) is 18.2 Å². The van der Waals surface area contributed by atoms with E-state index in [1.165, 1.54) is 0 Å². The third kappa shape index (κ3) is 5.98. The molecule has 1 heterocycles. The molecule has 1 aromatic heterocycles. The van der Waals surface area contributed by atoms with Gasteiger partial charge in [-0.15, -0.1) is 0 Å². The minimum atomic E-state index is -0.475. The standard InChI is InChI=1S/C29H31N3O4/c1-3-17-35-18-7-16-30-28(33)22-12-14-25(15-13-22)32-27(20-26(31-32)29(34)36-4-2)24-11-10-21-8-5-6-9-23(21)19-24/h5-6,8-15,19-20H,3-4,7,16-18H2,1-2H3,(H,30,33). The molecule has 0 aliphatic heterocycles. The van der Waals surface area contributed by atoms with Crippen molar-refractivity contribution in [3.63, 3.8) is 0 Å². The van der Waals surface area contributed by atoms with Crippen molar-refractivity contribution in [2.75, 3.05) is 26.4 Å². The van der Waals surface area contributed by atoms with Crippen molar-refractivity contribution in [3.8, 4) is 16.9 Å². The Morgan fingerprint density at radius 3 is 2.44 bits per heavy atom. The number of aromatic nitrogens is 2. The number of hydrogen-bond acceptors (Lipinski definition) is 5. The van der Waals surface area contributed by atoms with E-state index in [9.17, 15) is 9.59 Å². The number of benzene rings is 3. The Morgan fingerprint density at radius 2 is 1.69 bits per heavy atom. The predicted molar refractivity (Wildman–Crippen MR) is 141 cm³/mol. The first-order valence-electron chi connectivity index (χ1n) is 12.3. The molecule has 1 amide bonds. The predicted octanol–water partition coefficient (Wildman–Crippen LogP) is 5.42. The van der Waals surface area contributed by atoms with Gasteiger partial charge in [0.25, 0.3) is 5.91 Å². The van der Waals surface area contributed by atoms with Crippen molar-refractivity contribution >= 4 is 22.6 Å². The van der Waals surface area contributed by atoms with Crippen LogP contribution in [0.2, 0.25) is 0 Å². The summed E-state index contributed by atoms with van der Waals surface area (Å²) in [7, 11) is 0. The lowest BCUT2D eigenvalue weighted by Gasteiger charge is -2.10. The van der Waals surface area contributed by atoms with Crippen molar-refractivity contribution in [1.29, 1.82) is 0 Å². The smallest absolute Gasteiger partial charge is 0.358 e. The Balaban J connectivity index is 1.58. The molecule has 36 heavy (non-hydrogen) atoms. The van der Waals surface area contributed by atoms with Crippen molar-refractivity contribution < 1.29 is 19.1 Å². The minimum absolute atomic E-state index is 0.139. The van der Waals surface area contributed by atoms with Crippen LogP contribution in [0.1, 0.15) is 47.5 Å². The monoisotopic (exact) mass is 485 g/mol. The number of ether oxygens (including phenoxy) is 2. The fourth-order valence-electron chi connectivity index (χ4n) is 3.92. The zero-order chi connectivity index (χ0) is 25.3. The number of carbonyl (C=O) groups is 2. The van der Waals surface area contributed by atoms with Gasteiger partial charge in [0.2, 0.25) is 0 Å². The van der Waals surface area contributed by atoms with Crippen LogP contribution in [0.4, 0.5) is 0 Å². The molecule has 1 N–H and O–H groups in total. The average Bonchev–Trinajstić information content (AvgIpc) is 3.36. The molecular weight excluding hydrogens is 454 g/mol. The van der Waals surface area contributed by atoms with Gasteiger partial charge in [0.05, 0.1) is 18.0 Å². The van der Waals surface area contributed by atoms with E-state index in [0.29, 0.717) is 18.7 Å². The SMILES string of the molecule is CCCOCCCNC(=O)c1ccc(-n2nc(C(=O)OCC)cc2-c2ccc3ccccc3c2)cc1. The summed E-state index contributed by atoms with van der Waals surface area (Å²) in [6.45, 7) is 6.02. The molecule has 0 bridgehead atoms.